The zero-order valence-corrected chi connectivity index (χ0v) is 11.3. The van der Waals surface area contributed by atoms with Crippen LogP contribution in [0.25, 0.3) is 0 Å². The number of nitrogens with one attached hydrogen (secondary N) is 1. The number of nitrogen functional groups attached to an aromatic ring is 1. The van der Waals surface area contributed by atoms with Crippen molar-refractivity contribution in [3.63, 3.8) is 0 Å². The Kier molecular flexibility index (Phi) is 4.55. The second-order valence-electron chi connectivity index (χ2n) is 3.76. The van der Waals surface area contributed by atoms with Crippen LogP contribution in [-0.2, 0) is 14.8 Å². The minimum Gasteiger partial charge on any atom is -0.397 e. The zero-order valence-electron chi connectivity index (χ0n) is 9.73. The van der Waals surface area contributed by atoms with Gasteiger partial charge in [0, 0.05) is 13.0 Å². The van der Waals surface area contributed by atoms with Crippen LogP contribution in [-0.4, -0.2) is 20.9 Å². The average molecular weight is 292 g/mol. The number of amides is 1. The summed E-state index contributed by atoms with van der Waals surface area (Å²) in [5, 5.41) is 0.325. The van der Waals surface area contributed by atoms with Gasteiger partial charge in [-0.3, -0.25) is 4.79 Å². The van der Waals surface area contributed by atoms with Crippen molar-refractivity contribution in [3.05, 3.63) is 22.7 Å². The molecule has 0 radical (unpaired) electrons. The molecule has 0 aromatic heterocycles. The van der Waals surface area contributed by atoms with E-state index in [1.54, 1.807) is 6.92 Å². The average Bonchev–Trinajstić information content (AvgIpc) is 2.24. The summed E-state index contributed by atoms with van der Waals surface area (Å²) in [6, 6.07) is 2.67. The number of nitrogens with two attached hydrogens (primary N) is 2. The second-order valence-corrected chi connectivity index (χ2v) is 5.90. The number of hydrogen-bond donors (Lipinski definition) is 3. The van der Waals surface area contributed by atoms with Gasteiger partial charge in [0.05, 0.1) is 15.6 Å². The van der Waals surface area contributed by atoms with Gasteiger partial charge in [-0.2, -0.15) is 0 Å². The summed E-state index contributed by atoms with van der Waals surface area (Å²) >= 11 is 5.84. The molecule has 0 spiro atoms. The van der Waals surface area contributed by atoms with E-state index in [0.717, 1.165) is 0 Å². The van der Waals surface area contributed by atoms with Crippen molar-refractivity contribution >= 4 is 33.2 Å². The maximum atomic E-state index is 11.9. The van der Waals surface area contributed by atoms with Crippen molar-refractivity contribution in [2.75, 3.05) is 12.3 Å². The largest absolute Gasteiger partial charge is 0.397 e. The van der Waals surface area contributed by atoms with Crippen molar-refractivity contribution in [3.8, 4) is 0 Å². The highest BCUT2D eigenvalue weighted by Crippen LogP contribution is 2.26. The van der Waals surface area contributed by atoms with E-state index >= 15 is 0 Å². The maximum absolute atomic E-state index is 11.9. The predicted octanol–water partition coefficient (Wildman–Crippen LogP) is 0.384. The third-order valence-corrected chi connectivity index (χ3v) is 4.19. The van der Waals surface area contributed by atoms with Crippen LogP contribution in [0.1, 0.15) is 12.0 Å². The number of carbonyl (C=O) groups excluding carboxylic acids is 1. The second kappa shape index (κ2) is 5.55. The summed E-state index contributed by atoms with van der Waals surface area (Å²) < 4.78 is 26.0. The summed E-state index contributed by atoms with van der Waals surface area (Å²) in [6.07, 6.45) is -0.0682. The van der Waals surface area contributed by atoms with E-state index in [4.69, 9.17) is 23.1 Å². The number of hydrogen-bond acceptors (Lipinski definition) is 4. The molecule has 0 heterocycles. The first-order valence-corrected chi connectivity index (χ1v) is 6.93. The third-order valence-electron chi connectivity index (χ3n) is 2.23. The summed E-state index contributed by atoms with van der Waals surface area (Å²) in [4.78, 5) is 10.5. The zero-order chi connectivity index (χ0) is 13.9. The van der Waals surface area contributed by atoms with E-state index in [1.165, 1.54) is 12.1 Å². The Labute approximate surface area is 110 Å². The molecule has 0 saturated heterocycles. The van der Waals surface area contributed by atoms with Gasteiger partial charge in [-0.05, 0) is 24.6 Å². The topological polar surface area (TPSA) is 115 Å². The Morgan fingerprint density at radius 1 is 1.44 bits per heavy atom. The van der Waals surface area contributed by atoms with Gasteiger partial charge >= 0.3 is 0 Å². The molecule has 0 aliphatic heterocycles. The first kappa shape index (κ1) is 14.7. The van der Waals surface area contributed by atoms with Crippen LogP contribution >= 0.6 is 11.6 Å². The summed E-state index contributed by atoms with van der Waals surface area (Å²) in [5.74, 6) is -0.579. The van der Waals surface area contributed by atoms with Crippen LogP contribution in [0.15, 0.2) is 17.0 Å². The minimum atomic E-state index is -3.71. The molecule has 100 valence electrons. The van der Waals surface area contributed by atoms with Gasteiger partial charge in [0.2, 0.25) is 15.9 Å². The van der Waals surface area contributed by atoms with Crippen LogP contribution in [0, 0.1) is 6.92 Å². The highest BCUT2D eigenvalue weighted by atomic mass is 35.5. The van der Waals surface area contributed by atoms with Crippen molar-refractivity contribution in [2.45, 2.75) is 18.2 Å². The van der Waals surface area contributed by atoms with Crippen LogP contribution in [0.4, 0.5) is 5.69 Å². The lowest BCUT2D eigenvalue weighted by molar-refractivity contribution is -0.117. The van der Waals surface area contributed by atoms with Gasteiger partial charge in [0.15, 0.2) is 0 Å². The lowest BCUT2D eigenvalue weighted by Gasteiger charge is -2.09. The lowest BCUT2D eigenvalue weighted by atomic mass is 10.2. The molecule has 1 amide bonds. The number of halogens is 1. The molecule has 1 aromatic rings. The van der Waals surface area contributed by atoms with Gasteiger partial charge in [-0.1, -0.05) is 11.6 Å². The fourth-order valence-electron chi connectivity index (χ4n) is 1.31. The molecule has 0 unspecified atom stereocenters. The van der Waals surface area contributed by atoms with Crippen LogP contribution in [0.2, 0.25) is 5.02 Å². The molecular formula is C10H14ClN3O3S. The van der Waals surface area contributed by atoms with Gasteiger partial charge in [0.1, 0.15) is 0 Å². The van der Waals surface area contributed by atoms with Crippen LogP contribution < -0.4 is 16.2 Å². The lowest BCUT2D eigenvalue weighted by Crippen LogP contribution is -2.28. The highest BCUT2D eigenvalue weighted by molar-refractivity contribution is 7.89. The monoisotopic (exact) mass is 291 g/mol. The number of anilines is 1. The molecule has 0 aliphatic rings. The van der Waals surface area contributed by atoms with E-state index in [9.17, 15) is 13.2 Å². The summed E-state index contributed by atoms with van der Waals surface area (Å²) in [5.41, 5.74) is 11.3. The van der Waals surface area contributed by atoms with Gasteiger partial charge in [-0.25, -0.2) is 13.1 Å². The van der Waals surface area contributed by atoms with E-state index in [0.29, 0.717) is 10.6 Å². The molecule has 1 rings (SSSR count). The molecule has 0 aliphatic carbocycles. The SMILES string of the molecule is Cc1cc(S(=O)(=O)NCCC(N)=O)cc(N)c1Cl. The number of sulfonamides is 1. The number of primary amides is 1. The van der Waals surface area contributed by atoms with Gasteiger partial charge in [0.25, 0.3) is 0 Å². The molecule has 8 heteroatoms. The Morgan fingerprint density at radius 3 is 2.56 bits per heavy atom. The van der Waals surface area contributed by atoms with Crippen molar-refractivity contribution < 1.29 is 13.2 Å². The normalized spacial score (nSPS) is 11.4. The number of benzene rings is 1. The predicted molar refractivity (Wildman–Crippen MR) is 69.6 cm³/mol. The van der Waals surface area contributed by atoms with Gasteiger partial charge in [-0.15, -0.1) is 0 Å². The first-order chi connectivity index (χ1) is 8.24. The Balaban J connectivity index is 2.95. The minimum absolute atomic E-state index is 0.00590. The number of rotatable bonds is 5. The molecule has 0 saturated carbocycles. The Morgan fingerprint density at radius 2 is 2.06 bits per heavy atom. The maximum Gasteiger partial charge on any atom is 0.240 e. The molecule has 1 aromatic carbocycles. The van der Waals surface area contributed by atoms with Crippen LogP contribution in [0.3, 0.4) is 0 Å². The molecule has 0 bridgehead atoms. The third kappa shape index (κ3) is 3.59. The summed E-state index contributed by atoms with van der Waals surface area (Å²) in [7, 11) is -3.71. The van der Waals surface area contributed by atoms with Crippen LogP contribution in [0.5, 0.6) is 0 Å². The number of carbonyl (C=O) groups is 1. The van der Waals surface area contributed by atoms with E-state index in [2.05, 4.69) is 4.72 Å². The molecule has 5 N–H and O–H groups in total. The van der Waals surface area contributed by atoms with E-state index in [1.807, 2.05) is 0 Å². The van der Waals surface area contributed by atoms with E-state index in [-0.39, 0.29) is 23.5 Å². The van der Waals surface area contributed by atoms with Gasteiger partial charge < -0.3 is 11.5 Å². The quantitative estimate of drug-likeness (QED) is 0.680. The highest BCUT2D eigenvalue weighted by Gasteiger charge is 2.16. The first-order valence-electron chi connectivity index (χ1n) is 5.07. The standard InChI is InChI=1S/C10H14ClN3O3S/c1-6-4-7(5-8(12)10(6)11)18(16,17)14-3-2-9(13)15/h4-5,14H,2-3,12H2,1H3,(H2,13,15). The number of aryl methyl sites for hydroxylation is 1. The van der Waals surface area contributed by atoms with Crippen molar-refractivity contribution in [2.24, 2.45) is 5.73 Å². The molecular weight excluding hydrogens is 278 g/mol. The van der Waals surface area contributed by atoms with Crippen molar-refractivity contribution in [1.82, 2.24) is 4.72 Å². The molecule has 0 fully saturated rings. The summed E-state index contributed by atoms with van der Waals surface area (Å²) in [6.45, 7) is 1.60. The van der Waals surface area contributed by atoms with E-state index < -0.39 is 15.9 Å². The fourth-order valence-corrected chi connectivity index (χ4v) is 2.57. The smallest absolute Gasteiger partial charge is 0.240 e. The Bertz CT molecular complexity index is 549. The molecule has 6 nitrogen and oxygen atoms in total. The molecule has 18 heavy (non-hydrogen) atoms. The fraction of sp³-hybridized carbons (Fsp3) is 0.300. The Hall–Kier alpha value is -1.31. The molecule has 0 atom stereocenters. The van der Waals surface area contributed by atoms with Crippen molar-refractivity contribution in [1.29, 1.82) is 0 Å².